The molecule has 10 nitrogen and oxygen atoms in total. The van der Waals surface area contributed by atoms with Crippen LogP contribution in [0.4, 0.5) is 5.82 Å². The van der Waals surface area contributed by atoms with Gasteiger partial charge < -0.3 is 14.5 Å². The maximum Gasteiger partial charge on any atom is 0.306 e. The minimum absolute atomic E-state index is 0.0581. The maximum atomic E-state index is 12.5. The molecule has 4 rings (SSSR count). The molecule has 0 bridgehead atoms. The highest BCUT2D eigenvalue weighted by molar-refractivity contribution is 5.92. The second-order valence-corrected chi connectivity index (χ2v) is 6.98. The summed E-state index contributed by atoms with van der Waals surface area (Å²) in [7, 11) is 0. The lowest BCUT2D eigenvalue weighted by Crippen LogP contribution is -2.19. The van der Waals surface area contributed by atoms with E-state index in [0.29, 0.717) is 17.1 Å². The number of aromatic amines is 1. The van der Waals surface area contributed by atoms with Crippen molar-refractivity contribution in [2.75, 3.05) is 11.9 Å². The predicted molar refractivity (Wildman–Crippen MR) is 120 cm³/mol. The third-order valence-corrected chi connectivity index (χ3v) is 4.61. The van der Waals surface area contributed by atoms with Gasteiger partial charge in [0.1, 0.15) is 11.5 Å². The van der Waals surface area contributed by atoms with Crippen molar-refractivity contribution in [1.29, 1.82) is 0 Å². The monoisotopic (exact) mass is 447 g/mol. The summed E-state index contributed by atoms with van der Waals surface area (Å²) >= 11 is 0. The first-order chi connectivity index (χ1) is 16.0. The number of H-pyrrole nitrogens is 1. The van der Waals surface area contributed by atoms with Gasteiger partial charge in [-0.2, -0.15) is 9.78 Å². The lowest BCUT2D eigenvalue weighted by Gasteiger charge is -2.09. The molecule has 0 saturated heterocycles. The van der Waals surface area contributed by atoms with Crippen molar-refractivity contribution in [3.05, 3.63) is 71.2 Å². The molecule has 2 N–H and O–H groups in total. The lowest BCUT2D eigenvalue weighted by molar-refractivity contribution is -0.144. The van der Waals surface area contributed by atoms with E-state index in [9.17, 15) is 14.4 Å². The van der Waals surface area contributed by atoms with Crippen LogP contribution < -0.4 is 10.9 Å². The van der Waals surface area contributed by atoms with Crippen LogP contribution in [0.25, 0.3) is 28.7 Å². The van der Waals surface area contributed by atoms with E-state index >= 15 is 0 Å². The zero-order chi connectivity index (χ0) is 23.2. The number of carbonyl (C=O) groups excluding carboxylic acids is 2. The number of rotatable bonds is 8. The zero-order valence-corrected chi connectivity index (χ0v) is 17.8. The van der Waals surface area contributed by atoms with E-state index in [0.717, 1.165) is 5.56 Å². The van der Waals surface area contributed by atoms with Crippen molar-refractivity contribution in [2.24, 2.45) is 0 Å². The van der Waals surface area contributed by atoms with Gasteiger partial charge >= 0.3 is 5.97 Å². The van der Waals surface area contributed by atoms with Gasteiger partial charge in [-0.15, -0.1) is 0 Å². The molecule has 0 aliphatic carbocycles. The molecule has 0 aliphatic heterocycles. The first-order valence-electron chi connectivity index (χ1n) is 10.3. The molecule has 10 heteroatoms. The Balaban J connectivity index is 1.69. The van der Waals surface area contributed by atoms with Crippen molar-refractivity contribution in [3.8, 4) is 28.7 Å². The number of nitrogens with one attached hydrogen (secondary N) is 2. The minimum Gasteiger partial charge on any atom is -0.466 e. The number of aromatic nitrogens is 4. The third kappa shape index (κ3) is 5.24. The number of carbonyl (C=O) groups is 2. The highest BCUT2D eigenvalue weighted by Crippen LogP contribution is 2.25. The van der Waals surface area contributed by atoms with Crippen LogP contribution in [-0.2, 0) is 14.3 Å². The van der Waals surface area contributed by atoms with Gasteiger partial charge in [0.15, 0.2) is 5.76 Å². The summed E-state index contributed by atoms with van der Waals surface area (Å²) in [4.78, 5) is 43.6. The Bertz CT molecular complexity index is 1310. The number of esters is 1. The number of ether oxygens (including phenoxy) is 1. The SMILES string of the molecule is CCOC(=O)CCC(=O)Nc1cc(-c2ccco2)nn1-c1nc(-c2ccccc2)cc(=O)[nH]1. The van der Waals surface area contributed by atoms with Crippen LogP contribution in [0, 0.1) is 0 Å². The van der Waals surface area contributed by atoms with Crippen molar-refractivity contribution in [3.63, 3.8) is 0 Å². The summed E-state index contributed by atoms with van der Waals surface area (Å²) in [5.74, 6) is -0.0449. The van der Waals surface area contributed by atoms with Crippen molar-refractivity contribution in [1.82, 2.24) is 19.7 Å². The van der Waals surface area contributed by atoms with Gasteiger partial charge in [0.25, 0.3) is 5.56 Å². The lowest BCUT2D eigenvalue weighted by atomic mass is 10.1. The number of amides is 1. The number of benzene rings is 1. The van der Waals surface area contributed by atoms with Gasteiger partial charge in [0, 0.05) is 24.1 Å². The molecular weight excluding hydrogens is 426 g/mol. The fraction of sp³-hybridized carbons (Fsp3) is 0.174. The summed E-state index contributed by atoms with van der Waals surface area (Å²) in [6.07, 6.45) is 1.37. The summed E-state index contributed by atoms with van der Waals surface area (Å²) < 4.78 is 11.6. The van der Waals surface area contributed by atoms with Gasteiger partial charge in [-0.1, -0.05) is 30.3 Å². The zero-order valence-electron chi connectivity index (χ0n) is 17.8. The van der Waals surface area contributed by atoms with Gasteiger partial charge in [-0.05, 0) is 19.1 Å². The van der Waals surface area contributed by atoms with Crippen LogP contribution >= 0.6 is 0 Å². The van der Waals surface area contributed by atoms with Crippen LogP contribution in [0.15, 0.2) is 70.1 Å². The van der Waals surface area contributed by atoms with E-state index in [1.807, 2.05) is 30.3 Å². The quantitative estimate of drug-likeness (QED) is 0.397. The highest BCUT2D eigenvalue weighted by atomic mass is 16.5. The van der Waals surface area contributed by atoms with Gasteiger partial charge in [-0.25, -0.2) is 4.98 Å². The molecule has 4 aromatic rings. The molecule has 0 atom stereocenters. The normalized spacial score (nSPS) is 10.7. The maximum absolute atomic E-state index is 12.5. The Morgan fingerprint density at radius 3 is 2.64 bits per heavy atom. The number of anilines is 1. The molecule has 0 spiro atoms. The molecule has 33 heavy (non-hydrogen) atoms. The molecule has 3 aromatic heterocycles. The van der Waals surface area contributed by atoms with Crippen LogP contribution in [0.2, 0.25) is 0 Å². The molecule has 0 radical (unpaired) electrons. The molecule has 1 aromatic carbocycles. The molecule has 168 valence electrons. The Morgan fingerprint density at radius 2 is 1.91 bits per heavy atom. The summed E-state index contributed by atoms with van der Waals surface area (Å²) in [5.41, 5.74) is 1.24. The second kappa shape index (κ2) is 9.77. The van der Waals surface area contributed by atoms with Crippen LogP contribution in [0.5, 0.6) is 0 Å². The average molecular weight is 447 g/mol. The van der Waals surface area contributed by atoms with Gasteiger partial charge in [-0.3, -0.25) is 19.4 Å². The molecule has 0 unspecified atom stereocenters. The van der Waals surface area contributed by atoms with Crippen molar-refractivity contribution >= 4 is 17.7 Å². The van der Waals surface area contributed by atoms with Gasteiger partial charge in [0.05, 0.1) is 25.0 Å². The molecule has 0 saturated carbocycles. The smallest absolute Gasteiger partial charge is 0.306 e. The standard InChI is InChI=1S/C23H21N5O5/c1-2-32-22(31)11-10-20(29)25-19-13-17(18-9-6-12-33-18)27-28(19)23-24-16(14-21(30)26-23)15-7-4-3-5-8-15/h3-9,12-14H,2,10-11H2,1H3,(H,25,29)(H,24,26,30). The molecule has 3 heterocycles. The van der Waals surface area contributed by atoms with Gasteiger partial charge in [0.2, 0.25) is 11.9 Å². The number of furan rings is 1. The number of hydrogen-bond donors (Lipinski definition) is 2. The Hall–Kier alpha value is -4.47. The topological polar surface area (TPSA) is 132 Å². The summed E-state index contributed by atoms with van der Waals surface area (Å²) in [6.45, 7) is 1.94. The van der Waals surface area contributed by atoms with E-state index in [4.69, 9.17) is 9.15 Å². The largest absolute Gasteiger partial charge is 0.466 e. The average Bonchev–Trinajstić information content (AvgIpc) is 3.48. The van der Waals surface area contributed by atoms with E-state index < -0.39 is 11.9 Å². The summed E-state index contributed by atoms with van der Waals surface area (Å²) in [6, 6.07) is 15.6. The summed E-state index contributed by atoms with van der Waals surface area (Å²) in [5, 5.41) is 7.18. The third-order valence-electron chi connectivity index (χ3n) is 4.61. The van der Waals surface area contributed by atoms with E-state index in [1.165, 1.54) is 17.0 Å². The van der Waals surface area contributed by atoms with Crippen molar-refractivity contribution < 1.29 is 18.7 Å². The fourth-order valence-corrected chi connectivity index (χ4v) is 3.13. The van der Waals surface area contributed by atoms with Crippen molar-refractivity contribution in [2.45, 2.75) is 19.8 Å². The minimum atomic E-state index is -0.459. The Labute approximate surface area is 188 Å². The van der Waals surface area contributed by atoms with E-state index in [1.54, 1.807) is 25.1 Å². The highest BCUT2D eigenvalue weighted by Gasteiger charge is 2.18. The first kappa shape index (κ1) is 21.8. The molecule has 1 amide bonds. The molecule has 0 fully saturated rings. The Morgan fingerprint density at radius 1 is 1.09 bits per heavy atom. The van der Waals surface area contributed by atoms with E-state index in [-0.39, 0.29) is 36.8 Å². The molecular formula is C23H21N5O5. The first-order valence-corrected chi connectivity index (χ1v) is 10.3. The van der Waals surface area contributed by atoms with Crippen LogP contribution in [0.1, 0.15) is 19.8 Å². The number of nitrogens with zero attached hydrogens (tertiary/aromatic N) is 3. The molecule has 0 aliphatic rings. The fourth-order valence-electron chi connectivity index (χ4n) is 3.13. The second-order valence-electron chi connectivity index (χ2n) is 6.98. The predicted octanol–water partition coefficient (Wildman–Crippen LogP) is 3.16. The number of hydrogen-bond acceptors (Lipinski definition) is 7. The van der Waals surface area contributed by atoms with Crippen LogP contribution in [0.3, 0.4) is 0 Å². The van der Waals surface area contributed by atoms with E-state index in [2.05, 4.69) is 20.4 Å². The van der Waals surface area contributed by atoms with Crippen LogP contribution in [-0.4, -0.2) is 38.2 Å². The Kier molecular flexibility index (Phi) is 6.44.